The number of nitrogens with one attached hydrogen (secondary N) is 1. The maximum absolute atomic E-state index is 11.0. The third kappa shape index (κ3) is 3.18. The van der Waals surface area contributed by atoms with Crippen molar-refractivity contribution in [1.29, 1.82) is 0 Å². The van der Waals surface area contributed by atoms with Gasteiger partial charge in [0.2, 0.25) is 0 Å². The topological polar surface area (TPSA) is 74.7 Å². The minimum Gasteiger partial charge on any atom is -0.383 e. The van der Waals surface area contributed by atoms with Crippen molar-refractivity contribution >= 4 is 11.7 Å². The third-order valence-corrected chi connectivity index (χ3v) is 2.13. The predicted molar refractivity (Wildman–Crippen MR) is 58.6 cm³/mol. The third-order valence-electron chi connectivity index (χ3n) is 2.13. The molecular weight excluding hydrogens is 210 g/mol. The lowest BCUT2D eigenvalue weighted by Crippen LogP contribution is -2.23. The minimum absolute atomic E-state index is 0.311. The van der Waals surface area contributed by atoms with E-state index in [1.54, 1.807) is 24.7 Å². The van der Waals surface area contributed by atoms with E-state index in [-0.39, 0.29) is 0 Å². The zero-order valence-corrected chi connectivity index (χ0v) is 9.30. The summed E-state index contributed by atoms with van der Waals surface area (Å²) in [6, 6.07) is 3.30. The Labute approximate surface area is 93.8 Å². The molecule has 0 saturated heterocycles. The van der Waals surface area contributed by atoms with Crippen LogP contribution in [0.5, 0.6) is 0 Å². The molecule has 1 heterocycles. The number of pyridine rings is 1. The van der Waals surface area contributed by atoms with Gasteiger partial charge in [0.1, 0.15) is 5.82 Å². The number of rotatable bonds is 5. The zero-order valence-electron chi connectivity index (χ0n) is 9.30. The van der Waals surface area contributed by atoms with Gasteiger partial charge in [-0.1, -0.05) is 0 Å². The van der Waals surface area contributed by atoms with Crippen LogP contribution in [-0.4, -0.2) is 43.4 Å². The molecule has 0 fully saturated rings. The molecule has 2 N–H and O–H groups in total. The molecule has 0 radical (unpaired) electrons. The number of carbonyl (C=O) groups is 1. The van der Waals surface area contributed by atoms with Crippen LogP contribution in [0.25, 0.3) is 0 Å². The molecule has 0 bridgehead atoms. The Bertz CT molecular complexity index is 340. The van der Waals surface area contributed by atoms with E-state index in [2.05, 4.69) is 4.98 Å². The number of methoxy groups -OCH3 is 1. The van der Waals surface area contributed by atoms with Crippen molar-refractivity contribution in [2.24, 2.45) is 0 Å². The van der Waals surface area contributed by atoms with Crippen LogP contribution in [0.2, 0.25) is 0 Å². The monoisotopic (exact) mass is 225 g/mol. The van der Waals surface area contributed by atoms with Gasteiger partial charge in [-0.05, 0) is 12.1 Å². The first-order valence-electron chi connectivity index (χ1n) is 4.79. The second-order valence-electron chi connectivity index (χ2n) is 3.26. The predicted octanol–water partition coefficient (Wildman–Crippen LogP) is 0.283. The SMILES string of the molecule is COCCN(C)c1ccc(C(=O)NO)cn1. The number of ether oxygens (including phenoxy) is 1. The van der Waals surface area contributed by atoms with Crippen molar-refractivity contribution in [3.05, 3.63) is 23.9 Å². The van der Waals surface area contributed by atoms with E-state index in [4.69, 9.17) is 9.94 Å². The fourth-order valence-corrected chi connectivity index (χ4v) is 1.15. The lowest BCUT2D eigenvalue weighted by atomic mass is 10.2. The fourth-order valence-electron chi connectivity index (χ4n) is 1.15. The maximum Gasteiger partial charge on any atom is 0.276 e. The Morgan fingerprint density at radius 1 is 1.62 bits per heavy atom. The van der Waals surface area contributed by atoms with E-state index in [9.17, 15) is 4.79 Å². The molecule has 0 saturated carbocycles. The molecule has 0 atom stereocenters. The first-order chi connectivity index (χ1) is 7.69. The Hall–Kier alpha value is -1.66. The van der Waals surface area contributed by atoms with Crippen molar-refractivity contribution in [3.8, 4) is 0 Å². The molecule has 1 aromatic rings. The molecule has 0 aromatic carbocycles. The average molecular weight is 225 g/mol. The average Bonchev–Trinajstić information content (AvgIpc) is 2.35. The van der Waals surface area contributed by atoms with Gasteiger partial charge in [0.05, 0.1) is 12.2 Å². The molecule has 0 aliphatic rings. The largest absolute Gasteiger partial charge is 0.383 e. The van der Waals surface area contributed by atoms with Crippen LogP contribution >= 0.6 is 0 Å². The molecule has 88 valence electrons. The Morgan fingerprint density at radius 3 is 2.88 bits per heavy atom. The van der Waals surface area contributed by atoms with Crippen LogP contribution in [0, 0.1) is 0 Å². The van der Waals surface area contributed by atoms with Crippen molar-refractivity contribution in [2.45, 2.75) is 0 Å². The maximum atomic E-state index is 11.0. The summed E-state index contributed by atoms with van der Waals surface area (Å²) in [5.41, 5.74) is 1.86. The Morgan fingerprint density at radius 2 is 2.38 bits per heavy atom. The van der Waals surface area contributed by atoms with Crippen molar-refractivity contribution in [3.63, 3.8) is 0 Å². The van der Waals surface area contributed by atoms with E-state index in [0.29, 0.717) is 12.2 Å². The first kappa shape index (κ1) is 12.4. The summed E-state index contributed by atoms with van der Waals surface area (Å²) >= 11 is 0. The summed E-state index contributed by atoms with van der Waals surface area (Å²) in [4.78, 5) is 17.0. The molecule has 6 nitrogen and oxygen atoms in total. The Balaban J connectivity index is 2.67. The van der Waals surface area contributed by atoms with Crippen LogP contribution in [0.15, 0.2) is 18.3 Å². The van der Waals surface area contributed by atoms with Gasteiger partial charge in [-0.15, -0.1) is 0 Å². The van der Waals surface area contributed by atoms with E-state index in [0.717, 1.165) is 12.4 Å². The fraction of sp³-hybridized carbons (Fsp3) is 0.400. The molecule has 0 aliphatic heterocycles. The quantitative estimate of drug-likeness (QED) is 0.556. The Kier molecular flexibility index (Phi) is 4.68. The number of hydrogen-bond acceptors (Lipinski definition) is 5. The highest BCUT2D eigenvalue weighted by Crippen LogP contribution is 2.09. The number of hydrogen-bond donors (Lipinski definition) is 2. The highest BCUT2D eigenvalue weighted by Gasteiger charge is 2.06. The molecule has 1 amide bonds. The number of nitrogens with zero attached hydrogens (tertiary/aromatic N) is 2. The number of aromatic nitrogens is 1. The van der Waals surface area contributed by atoms with Gasteiger partial charge in [-0.3, -0.25) is 10.0 Å². The number of hydroxylamine groups is 1. The second-order valence-corrected chi connectivity index (χ2v) is 3.26. The van der Waals surface area contributed by atoms with E-state index in [1.807, 2.05) is 11.9 Å². The molecule has 1 rings (SSSR count). The van der Waals surface area contributed by atoms with Gasteiger partial charge < -0.3 is 9.64 Å². The lowest BCUT2D eigenvalue weighted by molar-refractivity contribution is 0.0706. The first-order valence-corrected chi connectivity index (χ1v) is 4.79. The summed E-state index contributed by atoms with van der Waals surface area (Å²) in [7, 11) is 3.52. The van der Waals surface area contributed by atoms with Crippen molar-refractivity contribution < 1.29 is 14.7 Å². The number of likely N-dealkylation sites (N-methyl/N-ethyl adjacent to an activating group) is 1. The summed E-state index contributed by atoms with van der Waals surface area (Å²) in [6.45, 7) is 1.33. The van der Waals surface area contributed by atoms with E-state index in [1.165, 1.54) is 6.20 Å². The van der Waals surface area contributed by atoms with E-state index >= 15 is 0 Å². The van der Waals surface area contributed by atoms with Gasteiger partial charge in [-0.25, -0.2) is 10.5 Å². The zero-order chi connectivity index (χ0) is 12.0. The second kappa shape index (κ2) is 6.04. The normalized spacial score (nSPS) is 9.94. The molecule has 16 heavy (non-hydrogen) atoms. The molecular formula is C10H15N3O3. The van der Waals surface area contributed by atoms with Crippen LogP contribution in [0.1, 0.15) is 10.4 Å². The van der Waals surface area contributed by atoms with Gasteiger partial charge in [0.25, 0.3) is 5.91 Å². The molecule has 0 aliphatic carbocycles. The van der Waals surface area contributed by atoms with Gasteiger partial charge in [0, 0.05) is 26.9 Å². The molecule has 0 unspecified atom stereocenters. The molecule has 6 heteroatoms. The number of anilines is 1. The number of amides is 1. The summed E-state index contributed by atoms with van der Waals surface area (Å²) in [5.74, 6) is 0.171. The molecule has 0 spiro atoms. The molecule has 1 aromatic heterocycles. The standard InChI is InChI=1S/C10H15N3O3/c1-13(5-6-16-2)9-4-3-8(7-11-9)10(14)12-15/h3-4,7,15H,5-6H2,1-2H3,(H,12,14). The van der Waals surface area contributed by atoms with Crippen molar-refractivity contribution in [2.75, 3.05) is 32.2 Å². The summed E-state index contributed by atoms with van der Waals surface area (Å²) in [5, 5.41) is 8.43. The summed E-state index contributed by atoms with van der Waals surface area (Å²) < 4.78 is 4.95. The van der Waals surface area contributed by atoms with Crippen LogP contribution in [0.3, 0.4) is 0 Å². The summed E-state index contributed by atoms with van der Waals surface area (Å²) in [6.07, 6.45) is 1.41. The smallest absolute Gasteiger partial charge is 0.276 e. The highest BCUT2D eigenvalue weighted by molar-refractivity contribution is 5.93. The van der Waals surface area contributed by atoms with Gasteiger partial charge >= 0.3 is 0 Å². The van der Waals surface area contributed by atoms with Crippen LogP contribution in [-0.2, 0) is 4.74 Å². The van der Waals surface area contributed by atoms with E-state index < -0.39 is 5.91 Å². The van der Waals surface area contributed by atoms with Crippen LogP contribution < -0.4 is 10.4 Å². The van der Waals surface area contributed by atoms with Gasteiger partial charge in [-0.2, -0.15) is 0 Å². The highest BCUT2D eigenvalue weighted by atomic mass is 16.5. The number of carbonyl (C=O) groups excluding carboxylic acids is 1. The van der Waals surface area contributed by atoms with Crippen LogP contribution in [0.4, 0.5) is 5.82 Å². The van der Waals surface area contributed by atoms with Gasteiger partial charge in [0.15, 0.2) is 0 Å². The minimum atomic E-state index is -0.571. The lowest BCUT2D eigenvalue weighted by Gasteiger charge is -2.17. The van der Waals surface area contributed by atoms with Crippen molar-refractivity contribution in [1.82, 2.24) is 10.5 Å².